The summed E-state index contributed by atoms with van der Waals surface area (Å²) in [5.74, 6) is 0.463. The maximum Gasteiger partial charge on any atom is 0.409 e. The summed E-state index contributed by atoms with van der Waals surface area (Å²) < 4.78 is 5.02. The van der Waals surface area contributed by atoms with Gasteiger partial charge in [0.05, 0.1) is 6.61 Å². The van der Waals surface area contributed by atoms with E-state index in [1.807, 2.05) is 0 Å². The van der Waals surface area contributed by atoms with Gasteiger partial charge < -0.3 is 19.9 Å². The highest BCUT2D eigenvalue weighted by atomic mass is 16.6. The maximum absolute atomic E-state index is 12.6. The van der Waals surface area contributed by atoms with Gasteiger partial charge in [0.15, 0.2) is 0 Å². The van der Waals surface area contributed by atoms with Gasteiger partial charge in [0, 0.05) is 38.4 Å². The minimum atomic E-state index is -0.278. The Morgan fingerprint density at radius 1 is 1.15 bits per heavy atom. The molecule has 0 saturated carbocycles. The fraction of sp³-hybridized carbons (Fsp3) is 0.684. The molecule has 0 radical (unpaired) electrons. The lowest BCUT2D eigenvalue weighted by Crippen LogP contribution is -2.46. The molecule has 2 aliphatic rings. The number of amides is 2. The van der Waals surface area contributed by atoms with Crippen molar-refractivity contribution in [3.8, 4) is 0 Å². The van der Waals surface area contributed by atoms with Gasteiger partial charge in [-0.15, -0.1) is 0 Å². The van der Waals surface area contributed by atoms with E-state index in [0.717, 1.165) is 25.9 Å². The van der Waals surface area contributed by atoms with E-state index in [9.17, 15) is 9.59 Å². The molecule has 2 saturated heterocycles. The number of carbonyl (C=O) groups excluding carboxylic acids is 2. The predicted molar refractivity (Wildman–Crippen MR) is 102 cm³/mol. The lowest BCUT2D eigenvalue weighted by molar-refractivity contribution is 0.0856. The zero-order chi connectivity index (χ0) is 19.1. The van der Waals surface area contributed by atoms with Gasteiger partial charge in [0.2, 0.25) is 5.95 Å². The van der Waals surface area contributed by atoms with E-state index in [1.165, 1.54) is 12.8 Å². The van der Waals surface area contributed by atoms with Crippen molar-refractivity contribution in [2.75, 3.05) is 37.7 Å². The third-order valence-corrected chi connectivity index (χ3v) is 5.12. The number of hydrogen-bond acceptors (Lipinski definition) is 6. The number of piperidine rings is 1. The van der Waals surface area contributed by atoms with E-state index < -0.39 is 0 Å². The van der Waals surface area contributed by atoms with E-state index >= 15 is 0 Å². The van der Waals surface area contributed by atoms with Crippen molar-refractivity contribution in [3.05, 3.63) is 18.0 Å². The second-order valence-electron chi connectivity index (χ2n) is 7.08. The molecule has 3 heterocycles. The number of likely N-dealkylation sites (tertiary alicyclic amines) is 1. The number of anilines is 1. The zero-order valence-corrected chi connectivity index (χ0v) is 16.0. The molecular weight excluding hydrogens is 346 g/mol. The van der Waals surface area contributed by atoms with Crippen LogP contribution in [0.15, 0.2) is 12.3 Å². The van der Waals surface area contributed by atoms with Gasteiger partial charge >= 0.3 is 6.09 Å². The van der Waals surface area contributed by atoms with Crippen LogP contribution in [0.1, 0.15) is 55.9 Å². The molecule has 27 heavy (non-hydrogen) atoms. The first-order valence-electron chi connectivity index (χ1n) is 9.98. The summed E-state index contributed by atoms with van der Waals surface area (Å²) in [6.07, 6.45) is 7.56. The van der Waals surface area contributed by atoms with E-state index in [2.05, 4.69) is 20.2 Å². The van der Waals surface area contributed by atoms with Crippen molar-refractivity contribution < 1.29 is 14.3 Å². The fourth-order valence-corrected chi connectivity index (χ4v) is 3.58. The molecule has 2 fully saturated rings. The molecule has 8 nitrogen and oxygen atoms in total. The van der Waals surface area contributed by atoms with Crippen LogP contribution in [-0.2, 0) is 4.74 Å². The Hall–Kier alpha value is -2.38. The average molecular weight is 375 g/mol. The molecule has 0 aliphatic carbocycles. The Morgan fingerprint density at radius 3 is 2.52 bits per heavy atom. The first-order chi connectivity index (χ1) is 13.2. The van der Waals surface area contributed by atoms with Gasteiger partial charge in [-0.1, -0.05) is 12.8 Å². The second-order valence-corrected chi connectivity index (χ2v) is 7.08. The third kappa shape index (κ3) is 5.30. The SMILES string of the molecule is CCOC(=O)N1CCC(NC(=O)c2ccnc(N3CCCCCC3)n2)CC1. The van der Waals surface area contributed by atoms with Crippen LogP contribution in [0.4, 0.5) is 10.7 Å². The molecule has 2 amide bonds. The number of hydrogen-bond donors (Lipinski definition) is 1. The summed E-state index contributed by atoms with van der Waals surface area (Å²) in [6.45, 7) is 5.24. The third-order valence-electron chi connectivity index (χ3n) is 5.12. The van der Waals surface area contributed by atoms with Crippen molar-refractivity contribution in [1.29, 1.82) is 0 Å². The van der Waals surface area contributed by atoms with Gasteiger partial charge in [-0.25, -0.2) is 14.8 Å². The predicted octanol–water partition coefficient (Wildman–Crippen LogP) is 2.21. The maximum atomic E-state index is 12.6. The molecular formula is C19H29N5O3. The van der Waals surface area contributed by atoms with Crippen LogP contribution in [0, 0.1) is 0 Å². The van der Waals surface area contributed by atoms with Crippen LogP contribution >= 0.6 is 0 Å². The molecule has 1 N–H and O–H groups in total. The highest BCUT2D eigenvalue weighted by Gasteiger charge is 2.25. The zero-order valence-electron chi connectivity index (χ0n) is 16.0. The normalized spacial score (nSPS) is 18.7. The van der Waals surface area contributed by atoms with E-state index in [0.29, 0.717) is 44.2 Å². The number of carbonyl (C=O) groups is 2. The van der Waals surface area contributed by atoms with E-state index in [-0.39, 0.29) is 18.0 Å². The van der Waals surface area contributed by atoms with Crippen LogP contribution < -0.4 is 10.2 Å². The summed E-state index contributed by atoms with van der Waals surface area (Å²) in [7, 11) is 0. The van der Waals surface area contributed by atoms with Crippen molar-refractivity contribution in [2.24, 2.45) is 0 Å². The summed E-state index contributed by atoms with van der Waals surface area (Å²) >= 11 is 0. The molecule has 0 unspecified atom stereocenters. The van der Waals surface area contributed by atoms with Crippen molar-refractivity contribution in [3.63, 3.8) is 0 Å². The minimum Gasteiger partial charge on any atom is -0.450 e. The molecule has 0 aromatic carbocycles. The van der Waals surface area contributed by atoms with Crippen molar-refractivity contribution in [1.82, 2.24) is 20.2 Å². The summed E-state index contributed by atoms with van der Waals surface area (Å²) in [6, 6.07) is 1.70. The largest absolute Gasteiger partial charge is 0.450 e. The van der Waals surface area contributed by atoms with Crippen LogP contribution in [0.2, 0.25) is 0 Å². The minimum absolute atomic E-state index is 0.0415. The first kappa shape index (κ1) is 19.4. The number of nitrogens with one attached hydrogen (secondary N) is 1. The number of aromatic nitrogens is 2. The lowest BCUT2D eigenvalue weighted by Gasteiger charge is -2.31. The van der Waals surface area contributed by atoms with Gasteiger partial charge in [-0.3, -0.25) is 4.79 Å². The topological polar surface area (TPSA) is 87.7 Å². The number of rotatable bonds is 4. The molecule has 3 rings (SSSR count). The fourth-order valence-electron chi connectivity index (χ4n) is 3.58. The standard InChI is InChI=1S/C19H29N5O3/c1-2-27-19(26)24-13-8-15(9-14-24)21-17(25)16-7-10-20-18(22-16)23-11-5-3-4-6-12-23/h7,10,15H,2-6,8-9,11-14H2,1H3,(H,21,25). The Balaban J connectivity index is 1.54. The summed E-state index contributed by atoms with van der Waals surface area (Å²) in [5, 5.41) is 3.04. The Labute approximate surface area is 160 Å². The highest BCUT2D eigenvalue weighted by molar-refractivity contribution is 5.92. The first-order valence-corrected chi connectivity index (χ1v) is 9.98. The van der Waals surface area contributed by atoms with Gasteiger partial charge in [-0.2, -0.15) is 0 Å². The molecule has 1 aromatic rings. The Bertz CT molecular complexity index is 638. The van der Waals surface area contributed by atoms with Crippen LogP contribution in [0.3, 0.4) is 0 Å². The summed E-state index contributed by atoms with van der Waals surface area (Å²) in [4.78, 5) is 37.1. The van der Waals surface area contributed by atoms with Crippen molar-refractivity contribution >= 4 is 17.9 Å². The van der Waals surface area contributed by atoms with E-state index in [4.69, 9.17) is 4.74 Å². The smallest absolute Gasteiger partial charge is 0.409 e. The molecule has 8 heteroatoms. The molecule has 0 atom stereocenters. The monoisotopic (exact) mass is 375 g/mol. The molecule has 1 aromatic heterocycles. The van der Waals surface area contributed by atoms with Crippen LogP contribution in [0.5, 0.6) is 0 Å². The van der Waals surface area contributed by atoms with Gasteiger partial charge in [0.25, 0.3) is 5.91 Å². The van der Waals surface area contributed by atoms with Gasteiger partial charge in [-0.05, 0) is 38.7 Å². The number of ether oxygens (including phenoxy) is 1. The quantitative estimate of drug-likeness (QED) is 0.868. The van der Waals surface area contributed by atoms with E-state index in [1.54, 1.807) is 24.1 Å². The van der Waals surface area contributed by atoms with Crippen molar-refractivity contribution in [2.45, 2.75) is 51.5 Å². The van der Waals surface area contributed by atoms with Crippen LogP contribution in [0.25, 0.3) is 0 Å². The summed E-state index contributed by atoms with van der Waals surface area (Å²) in [5.41, 5.74) is 0.400. The molecule has 0 spiro atoms. The highest BCUT2D eigenvalue weighted by Crippen LogP contribution is 2.16. The number of nitrogens with zero attached hydrogens (tertiary/aromatic N) is 4. The second kappa shape index (κ2) is 9.53. The van der Waals surface area contributed by atoms with Gasteiger partial charge in [0.1, 0.15) is 5.69 Å². The molecule has 0 bridgehead atoms. The Morgan fingerprint density at radius 2 is 1.85 bits per heavy atom. The molecule has 2 aliphatic heterocycles. The average Bonchev–Trinajstić information content (AvgIpc) is 2.98. The molecule has 148 valence electrons. The van der Waals surface area contributed by atoms with Crippen LogP contribution in [-0.4, -0.2) is 65.7 Å². The Kier molecular flexibility index (Phi) is 6.84. The lowest BCUT2D eigenvalue weighted by atomic mass is 10.1.